The number of halogens is 1. The Kier molecular flexibility index (Phi) is 9.04. The van der Waals surface area contributed by atoms with Gasteiger partial charge in [0.05, 0.1) is 18.2 Å². The number of hydrogen-bond acceptors (Lipinski definition) is 5. The Morgan fingerprint density at radius 1 is 1.17 bits per heavy atom. The van der Waals surface area contributed by atoms with Crippen molar-refractivity contribution in [2.45, 2.75) is 26.3 Å². The Hall–Kier alpha value is -3.19. The third-order valence-electron chi connectivity index (χ3n) is 6.29. The Bertz CT molecular complexity index is 1130. The highest BCUT2D eigenvalue weighted by Gasteiger charge is 2.30. The third kappa shape index (κ3) is 6.48. The zero-order valence-electron chi connectivity index (χ0n) is 20.4. The average Bonchev–Trinajstić information content (AvgIpc) is 2.84. The quantitative estimate of drug-likeness (QED) is 0.281. The number of methoxy groups -OCH3 is 1. The van der Waals surface area contributed by atoms with Gasteiger partial charge in [-0.2, -0.15) is 0 Å². The van der Waals surface area contributed by atoms with E-state index in [2.05, 4.69) is 11.5 Å². The largest absolute Gasteiger partial charge is 0.495 e. The van der Waals surface area contributed by atoms with Crippen LogP contribution in [0.1, 0.15) is 23.1 Å². The van der Waals surface area contributed by atoms with Crippen molar-refractivity contribution in [1.29, 1.82) is 0 Å². The van der Waals surface area contributed by atoms with Crippen molar-refractivity contribution >= 4 is 42.8 Å². The van der Waals surface area contributed by atoms with Gasteiger partial charge in [-0.1, -0.05) is 36.4 Å². The van der Waals surface area contributed by atoms with Crippen molar-refractivity contribution in [2.75, 3.05) is 38.3 Å². The second kappa shape index (κ2) is 12.0. The molecule has 0 aromatic heterocycles. The summed E-state index contributed by atoms with van der Waals surface area (Å²) in [7, 11) is 7.18. The number of amides is 1. The van der Waals surface area contributed by atoms with Crippen LogP contribution in [0.3, 0.4) is 0 Å². The summed E-state index contributed by atoms with van der Waals surface area (Å²) < 4.78 is 11.0. The lowest BCUT2D eigenvalue weighted by molar-refractivity contribution is -0.115. The maximum Gasteiger partial charge on any atom is 0.200 e. The van der Waals surface area contributed by atoms with Gasteiger partial charge in [-0.3, -0.25) is 9.59 Å². The molecular formula is C27H30BClN2O4. The number of nitrogens with zero attached hydrogens (tertiary/aromatic N) is 2. The van der Waals surface area contributed by atoms with E-state index in [0.29, 0.717) is 37.0 Å². The fraction of sp³-hybridized carbons (Fsp3) is 0.333. The van der Waals surface area contributed by atoms with Crippen molar-refractivity contribution in [3.05, 3.63) is 70.8 Å². The molecule has 2 radical (unpaired) electrons. The summed E-state index contributed by atoms with van der Waals surface area (Å²) in [4.78, 5) is 28.6. The molecule has 1 aliphatic heterocycles. The van der Waals surface area contributed by atoms with Crippen molar-refractivity contribution in [3.63, 3.8) is 0 Å². The molecule has 1 atom stereocenters. The van der Waals surface area contributed by atoms with Gasteiger partial charge in [0.25, 0.3) is 0 Å². The van der Waals surface area contributed by atoms with Crippen molar-refractivity contribution in [3.8, 4) is 11.5 Å². The number of ketones is 1. The first-order valence-electron chi connectivity index (χ1n) is 11.4. The summed E-state index contributed by atoms with van der Waals surface area (Å²) in [6.07, 6.45) is 5.24. The Balaban J connectivity index is 1.73. The number of carbonyl (C=O) groups is 2. The minimum Gasteiger partial charge on any atom is -0.495 e. The molecule has 0 N–H and O–H groups in total. The highest BCUT2D eigenvalue weighted by Crippen LogP contribution is 2.31. The van der Waals surface area contributed by atoms with Crippen LogP contribution in [0.4, 0.5) is 10.5 Å². The fourth-order valence-electron chi connectivity index (χ4n) is 4.19. The summed E-state index contributed by atoms with van der Waals surface area (Å²) >= 11 is 6.16. The fourth-order valence-corrected chi connectivity index (χ4v) is 4.38. The summed E-state index contributed by atoms with van der Waals surface area (Å²) in [5, 5.41) is 0.523. The van der Waals surface area contributed by atoms with Gasteiger partial charge in [0, 0.05) is 37.8 Å². The molecule has 1 heterocycles. The number of carbonyl (C=O) groups excluding carboxylic acids is 2. The first-order chi connectivity index (χ1) is 16.7. The summed E-state index contributed by atoms with van der Waals surface area (Å²) in [5.74, 6) is 0.759. The van der Waals surface area contributed by atoms with Gasteiger partial charge >= 0.3 is 0 Å². The summed E-state index contributed by atoms with van der Waals surface area (Å²) in [6, 6.07) is 9.00. The Labute approximate surface area is 213 Å². The van der Waals surface area contributed by atoms with Crippen molar-refractivity contribution in [2.24, 2.45) is 0 Å². The first kappa shape index (κ1) is 26.4. The van der Waals surface area contributed by atoms with Crippen LogP contribution in [0.5, 0.6) is 11.5 Å². The molecule has 1 saturated heterocycles. The van der Waals surface area contributed by atoms with Gasteiger partial charge in [-0.05, 0) is 54.8 Å². The number of rotatable bonds is 9. The minimum atomic E-state index is -0.526. The molecule has 182 valence electrons. The van der Waals surface area contributed by atoms with Crippen LogP contribution in [0, 0.1) is 13.8 Å². The molecular weight excluding hydrogens is 463 g/mol. The van der Waals surface area contributed by atoms with Gasteiger partial charge in [-0.15, -0.1) is 0 Å². The van der Waals surface area contributed by atoms with Gasteiger partial charge < -0.3 is 19.3 Å². The molecule has 0 saturated carbocycles. The number of benzene rings is 2. The monoisotopic (exact) mass is 492 g/mol. The molecule has 35 heavy (non-hydrogen) atoms. The molecule has 2 aromatic rings. The maximum atomic E-state index is 12.9. The van der Waals surface area contributed by atoms with E-state index in [1.54, 1.807) is 36.3 Å². The number of allylic oxidation sites excluding steroid dienone is 1. The predicted octanol–water partition coefficient (Wildman–Crippen LogP) is 4.98. The topological polar surface area (TPSA) is 59.1 Å². The molecule has 1 amide bonds. The van der Waals surface area contributed by atoms with Crippen LogP contribution in [-0.2, 0) is 4.79 Å². The smallest absolute Gasteiger partial charge is 0.200 e. The third-order valence-corrected chi connectivity index (χ3v) is 6.60. The highest BCUT2D eigenvalue weighted by atomic mass is 35.5. The van der Waals surface area contributed by atoms with E-state index in [-0.39, 0.29) is 18.2 Å². The van der Waals surface area contributed by atoms with Gasteiger partial charge in [-0.25, -0.2) is 0 Å². The predicted molar refractivity (Wildman–Crippen MR) is 142 cm³/mol. The van der Waals surface area contributed by atoms with E-state index in [4.69, 9.17) is 28.9 Å². The standard InChI is InChI=1S/C27H30BClN2O4/c1-5-14-35-25-11-7-20(18(2)19(25)3)6-9-23(32)15-22-17-30(12-13-31(22)27(28)33)21-8-10-24(29)26(16-21)34-4/h5-11,16,22H,1,12-15,17H2,2-4H3/t22-/m0/s1. The lowest BCUT2D eigenvalue weighted by Crippen LogP contribution is -2.55. The maximum absolute atomic E-state index is 12.9. The number of ether oxygens (including phenoxy) is 2. The van der Waals surface area contributed by atoms with E-state index >= 15 is 0 Å². The van der Waals surface area contributed by atoms with Crippen LogP contribution in [0.25, 0.3) is 6.08 Å². The van der Waals surface area contributed by atoms with E-state index in [0.717, 1.165) is 28.1 Å². The van der Waals surface area contributed by atoms with Crippen LogP contribution < -0.4 is 14.4 Å². The van der Waals surface area contributed by atoms with Crippen molar-refractivity contribution in [1.82, 2.24) is 4.90 Å². The van der Waals surface area contributed by atoms with Gasteiger partial charge in [0.1, 0.15) is 18.1 Å². The molecule has 6 nitrogen and oxygen atoms in total. The lowest BCUT2D eigenvalue weighted by atomic mass is 9.98. The van der Waals surface area contributed by atoms with E-state index < -0.39 is 5.81 Å². The van der Waals surface area contributed by atoms with Crippen LogP contribution >= 0.6 is 11.6 Å². The normalized spacial score (nSPS) is 15.8. The highest BCUT2D eigenvalue weighted by molar-refractivity contribution is 6.57. The number of hydrogen-bond donors (Lipinski definition) is 0. The first-order valence-corrected chi connectivity index (χ1v) is 11.8. The van der Waals surface area contributed by atoms with Crippen LogP contribution in [0.2, 0.25) is 5.02 Å². The molecule has 8 heteroatoms. The minimum absolute atomic E-state index is 0.0826. The van der Waals surface area contributed by atoms with E-state index in [1.165, 1.54) is 0 Å². The second-order valence-electron chi connectivity index (χ2n) is 8.46. The molecule has 3 rings (SSSR count). The molecule has 0 aliphatic carbocycles. The second-order valence-corrected chi connectivity index (χ2v) is 8.86. The Morgan fingerprint density at radius 3 is 2.63 bits per heavy atom. The number of piperazine rings is 1. The molecule has 2 aromatic carbocycles. The zero-order chi connectivity index (χ0) is 25.5. The summed E-state index contributed by atoms with van der Waals surface area (Å²) in [5.41, 5.74) is 3.90. The number of anilines is 1. The van der Waals surface area contributed by atoms with Crippen LogP contribution in [0.15, 0.2) is 49.1 Å². The molecule has 1 aliphatic rings. The molecule has 0 unspecified atom stereocenters. The molecule has 1 fully saturated rings. The van der Waals surface area contributed by atoms with Gasteiger partial charge in [0.15, 0.2) is 11.6 Å². The Morgan fingerprint density at radius 2 is 1.94 bits per heavy atom. The molecule has 0 bridgehead atoms. The summed E-state index contributed by atoms with van der Waals surface area (Å²) in [6.45, 7) is 9.57. The lowest BCUT2D eigenvalue weighted by Gasteiger charge is -2.42. The van der Waals surface area contributed by atoms with Crippen LogP contribution in [-0.4, -0.2) is 63.7 Å². The van der Waals surface area contributed by atoms with Gasteiger partial charge in [0.2, 0.25) is 7.85 Å². The SMILES string of the molecule is [B]C(=O)N1CCN(c2ccc(Cl)c(OC)c2)C[C@@H]1CC(=O)C=Cc1ccc(OCC=C)c(C)c1C. The van der Waals surface area contributed by atoms with E-state index in [1.807, 2.05) is 38.1 Å². The van der Waals surface area contributed by atoms with Crippen molar-refractivity contribution < 1.29 is 19.1 Å². The van der Waals surface area contributed by atoms with E-state index in [9.17, 15) is 9.59 Å². The zero-order valence-corrected chi connectivity index (χ0v) is 21.2. The average molecular weight is 493 g/mol. The molecule has 0 spiro atoms.